The van der Waals surface area contributed by atoms with Gasteiger partial charge in [0.25, 0.3) is 23.2 Å². The molecular weight excluding hydrogens is 586 g/mol. The number of ether oxygens (including phenoxy) is 2. The van der Waals surface area contributed by atoms with Gasteiger partial charge in [-0.2, -0.15) is 26.3 Å². The zero-order valence-corrected chi connectivity index (χ0v) is 20.6. The highest BCUT2D eigenvalue weighted by molar-refractivity contribution is 6.10. The molecule has 0 spiro atoms. The minimum atomic E-state index is -4.95. The number of carbonyl (C=O) groups is 2. The lowest BCUT2D eigenvalue weighted by atomic mass is 10.1. The van der Waals surface area contributed by atoms with Crippen LogP contribution in [0.5, 0.6) is 11.5 Å². The molecule has 0 saturated carbocycles. The van der Waals surface area contributed by atoms with E-state index in [1.54, 1.807) is 0 Å². The highest BCUT2D eigenvalue weighted by Crippen LogP contribution is 2.39. The molecule has 0 atom stereocenters. The summed E-state index contributed by atoms with van der Waals surface area (Å²) in [6.07, 6.45) is -9.91. The normalized spacial score (nSPS) is 11.4. The second-order valence-corrected chi connectivity index (χ2v) is 8.11. The van der Waals surface area contributed by atoms with Crippen LogP contribution in [0, 0.1) is 20.2 Å². The molecular formula is C24H16F6N4O8. The molecule has 42 heavy (non-hydrogen) atoms. The smallest absolute Gasteiger partial charge is 0.422 e. The van der Waals surface area contributed by atoms with Crippen molar-refractivity contribution in [2.24, 2.45) is 0 Å². The molecule has 2 N–H and O–H groups in total. The van der Waals surface area contributed by atoms with Crippen molar-refractivity contribution in [2.75, 3.05) is 23.8 Å². The topological polar surface area (TPSA) is 163 Å². The molecule has 0 aliphatic rings. The number of nitrogens with one attached hydrogen (secondary N) is 2. The Kier molecular flexibility index (Phi) is 9.18. The lowest BCUT2D eigenvalue weighted by Gasteiger charge is -2.19. The van der Waals surface area contributed by atoms with Gasteiger partial charge in [0.15, 0.2) is 13.2 Å². The molecule has 3 aromatic carbocycles. The van der Waals surface area contributed by atoms with Gasteiger partial charge in [-0.05, 0) is 18.2 Å². The first kappa shape index (κ1) is 31.1. The Morgan fingerprint density at radius 3 is 1.36 bits per heavy atom. The van der Waals surface area contributed by atoms with Crippen LogP contribution in [0.25, 0.3) is 0 Å². The Hall–Kier alpha value is -5.42. The van der Waals surface area contributed by atoms with Gasteiger partial charge in [-0.3, -0.25) is 29.8 Å². The van der Waals surface area contributed by atoms with Gasteiger partial charge in [0.2, 0.25) is 0 Å². The van der Waals surface area contributed by atoms with Crippen molar-refractivity contribution in [1.82, 2.24) is 0 Å². The summed E-state index contributed by atoms with van der Waals surface area (Å²) in [7, 11) is 0. The fraction of sp³-hybridized carbons (Fsp3) is 0.167. The zero-order valence-electron chi connectivity index (χ0n) is 20.6. The minimum absolute atomic E-state index is 0.502. The number of para-hydroxylation sites is 2. The second-order valence-electron chi connectivity index (χ2n) is 8.11. The molecule has 0 aliphatic carbocycles. The Bertz CT molecular complexity index is 1420. The van der Waals surface area contributed by atoms with E-state index in [9.17, 15) is 56.2 Å². The van der Waals surface area contributed by atoms with Gasteiger partial charge in [-0.1, -0.05) is 24.3 Å². The number of hydrogen-bond acceptors (Lipinski definition) is 8. The van der Waals surface area contributed by atoms with Crippen molar-refractivity contribution in [3.63, 3.8) is 0 Å². The highest BCUT2D eigenvalue weighted by atomic mass is 19.4. The third-order valence-corrected chi connectivity index (χ3v) is 5.05. The van der Waals surface area contributed by atoms with Crippen molar-refractivity contribution in [3.05, 3.63) is 92.0 Å². The summed E-state index contributed by atoms with van der Waals surface area (Å²) in [6.45, 7) is -3.97. The third kappa shape index (κ3) is 8.29. The Morgan fingerprint density at radius 1 is 0.667 bits per heavy atom. The van der Waals surface area contributed by atoms with Crippen LogP contribution in [0.3, 0.4) is 0 Å². The zero-order chi connectivity index (χ0) is 31.2. The van der Waals surface area contributed by atoms with Crippen LogP contribution in [0.2, 0.25) is 0 Å². The average molecular weight is 602 g/mol. The number of nitro groups is 2. The number of nitrogens with zero attached hydrogens (tertiary/aromatic N) is 2. The van der Waals surface area contributed by atoms with E-state index in [2.05, 4.69) is 20.1 Å². The quantitative estimate of drug-likeness (QED) is 0.165. The van der Waals surface area contributed by atoms with E-state index in [1.807, 2.05) is 0 Å². The molecule has 12 nitrogen and oxygen atoms in total. The summed E-state index contributed by atoms with van der Waals surface area (Å²) in [5.41, 5.74) is -3.84. The lowest BCUT2D eigenvalue weighted by molar-refractivity contribution is -0.385. The minimum Gasteiger partial charge on any atom is -0.482 e. The SMILES string of the molecule is O=C(Nc1cc(NC(=O)c2ccccc2[N+](=O)[O-])c(OCC(F)(F)F)cc1OCC(F)(F)F)c1ccccc1[N+](=O)[O-]. The molecule has 3 rings (SSSR count). The summed E-state index contributed by atoms with van der Waals surface area (Å²) in [5, 5.41) is 26.8. The van der Waals surface area contributed by atoms with Gasteiger partial charge >= 0.3 is 12.4 Å². The van der Waals surface area contributed by atoms with Crippen LogP contribution >= 0.6 is 0 Å². The predicted octanol–water partition coefficient (Wildman–Crippen LogP) is 5.89. The van der Waals surface area contributed by atoms with Crippen LogP contribution in [0.4, 0.5) is 49.1 Å². The average Bonchev–Trinajstić information content (AvgIpc) is 2.90. The molecule has 3 aromatic rings. The molecule has 2 amide bonds. The van der Waals surface area contributed by atoms with Gasteiger partial charge in [-0.15, -0.1) is 0 Å². The van der Waals surface area contributed by atoms with E-state index < -0.39 is 92.6 Å². The maximum Gasteiger partial charge on any atom is 0.422 e. The fourth-order valence-corrected chi connectivity index (χ4v) is 3.34. The maximum atomic E-state index is 12.9. The van der Waals surface area contributed by atoms with E-state index in [-0.39, 0.29) is 0 Å². The summed E-state index contributed by atoms with van der Waals surface area (Å²) in [4.78, 5) is 46.5. The molecule has 0 bridgehead atoms. The number of nitro benzene ring substituents is 2. The number of alkyl halides is 6. The van der Waals surface area contributed by atoms with Crippen molar-refractivity contribution >= 4 is 34.6 Å². The number of hydrogen-bond donors (Lipinski definition) is 2. The number of carbonyl (C=O) groups excluding carboxylic acids is 2. The first-order valence-corrected chi connectivity index (χ1v) is 11.2. The van der Waals surface area contributed by atoms with Crippen molar-refractivity contribution in [2.45, 2.75) is 12.4 Å². The third-order valence-electron chi connectivity index (χ3n) is 5.05. The molecule has 0 heterocycles. The number of rotatable bonds is 10. The highest BCUT2D eigenvalue weighted by Gasteiger charge is 2.32. The van der Waals surface area contributed by atoms with Crippen LogP contribution in [0.15, 0.2) is 60.7 Å². The van der Waals surface area contributed by atoms with Gasteiger partial charge in [0.1, 0.15) is 22.6 Å². The second kappa shape index (κ2) is 12.4. The van der Waals surface area contributed by atoms with E-state index >= 15 is 0 Å². The van der Waals surface area contributed by atoms with E-state index in [0.717, 1.165) is 24.3 Å². The van der Waals surface area contributed by atoms with Gasteiger partial charge in [0, 0.05) is 18.2 Å². The van der Waals surface area contributed by atoms with E-state index in [4.69, 9.17) is 0 Å². The molecule has 0 radical (unpaired) electrons. The van der Waals surface area contributed by atoms with Crippen LogP contribution in [0.1, 0.15) is 20.7 Å². The molecule has 222 valence electrons. The number of anilines is 2. The summed E-state index contributed by atoms with van der Waals surface area (Å²) >= 11 is 0. The molecule has 0 saturated heterocycles. The first-order valence-electron chi connectivity index (χ1n) is 11.2. The number of halogens is 6. The Balaban J connectivity index is 2.12. The molecule has 0 unspecified atom stereocenters. The van der Waals surface area contributed by atoms with Crippen LogP contribution in [-0.4, -0.2) is 47.2 Å². The lowest BCUT2D eigenvalue weighted by Crippen LogP contribution is -2.22. The summed E-state index contributed by atoms with van der Waals surface area (Å²) in [6, 6.07) is 10.1. The molecule has 18 heteroatoms. The Labute approximate surface area is 230 Å². The maximum absolute atomic E-state index is 12.9. The van der Waals surface area contributed by atoms with Crippen molar-refractivity contribution in [3.8, 4) is 11.5 Å². The molecule has 0 aliphatic heterocycles. The van der Waals surface area contributed by atoms with E-state index in [1.165, 1.54) is 24.3 Å². The molecule has 0 fully saturated rings. The summed E-state index contributed by atoms with van der Waals surface area (Å²) in [5.74, 6) is -4.25. The van der Waals surface area contributed by atoms with Gasteiger partial charge in [-0.25, -0.2) is 0 Å². The number of benzene rings is 3. The largest absolute Gasteiger partial charge is 0.482 e. The van der Waals surface area contributed by atoms with Crippen LogP contribution < -0.4 is 20.1 Å². The van der Waals surface area contributed by atoms with Crippen molar-refractivity contribution in [1.29, 1.82) is 0 Å². The first-order chi connectivity index (χ1) is 19.6. The van der Waals surface area contributed by atoms with Gasteiger partial charge in [0.05, 0.1) is 21.2 Å². The van der Waals surface area contributed by atoms with Gasteiger partial charge < -0.3 is 20.1 Å². The Morgan fingerprint density at radius 2 is 1.02 bits per heavy atom. The predicted molar refractivity (Wildman–Crippen MR) is 132 cm³/mol. The standard InChI is InChI=1S/C24H16F6N4O8/c25-23(26,27)11-41-19-10-20(42-12-24(28,29)30)16(32-22(36)14-6-2-4-8-18(14)34(39)40)9-15(19)31-21(35)13-5-1-3-7-17(13)33(37)38/h1-10H,11-12H2,(H,31,35)(H,32,36). The number of amides is 2. The summed E-state index contributed by atoms with van der Waals surface area (Å²) < 4.78 is 86.8. The van der Waals surface area contributed by atoms with E-state index in [0.29, 0.717) is 12.1 Å². The van der Waals surface area contributed by atoms with Crippen LogP contribution in [-0.2, 0) is 0 Å². The molecule has 0 aromatic heterocycles. The monoisotopic (exact) mass is 602 g/mol. The van der Waals surface area contributed by atoms with Crippen molar-refractivity contribution < 1.29 is 55.3 Å². The fourth-order valence-electron chi connectivity index (χ4n) is 3.34.